The summed E-state index contributed by atoms with van der Waals surface area (Å²) in [5.74, 6) is -8.00. The van der Waals surface area contributed by atoms with Crippen LogP contribution in [0.15, 0.2) is 121 Å². The zero-order valence-electron chi connectivity index (χ0n) is 53.7. The minimum atomic E-state index is -1.33. The number of carboxylic acids is 1. The number of carboxylic acid groups (broad SMARTS) is 1. The fourth-order valence-electron chi connectivity index (χ4n) is 10.8. The first-order chi connectivity index (χ1) is 42.7. The Hall–Kier alpha value is -7.25. The van der Waals surface area contributed by atoms with Crippen molar-refractivity contribution in [3.8, 4) is 0 Å². The van der Waals surface area contributed by atoms with E-state index < -0.39 is 83.4 Å². The number of benzene rings is 4. The second-order valence-electron chi connectivity index (χ2n) is 24.2. The summed E-state index contributed by atoms with van der Waals surface area (Å²) in [6.07, 6.45) is 3.58. The van der Waals surface area contributed by atoms with E-state index in [4.69, 9.17) is 22.9 Å². The average Bonchev–Trinajstić information content (AvgIpc) is 3.53. The standard InChI is InChI=1S/C69H98N8O10.C2H6/c1-46(2)36-59(76-67(84)54(38-48-22-9-5-10-23-48)44-61(78)56(72)40-50-26-13-7-14-27-50)63(80)42-52(30-17-19-33-70)65(82)74-35-20-18-32-58(69(86)87)75-66(83)53(31-21-34-71)43-64(81)60(37-47(3)4)77-68(85)55(39-49-24-11-6-12-25-49)45-62(79)57(73)41-51-28-15-8-16-29-51;1-2/h5-16,22-29,46-47,52-60H,17-21,30-45,70-73H2,1-4H3,(H,74,82)(H,75,83)(H,76,84)(H,77,85)(H,86,87);1-2H3/t52-,53-,54-,55-,56+,57+,58-,59+,60+;/m0./s1. The van der Waals surface area contributed by atoms with Gasteiger partial charge in [0.05, 0.1) is 24.2 Å². The SMILES string of the molecule is CC.CC(C)C[C@@H](NC(=O)[C@H](CC(=O)[C@H](N)Cc1ccccc1)Cc1ccccc1)C(=O)C[C@H](CCCCN)C(=O)NCCCC[C@H](NC(=O)[C@@H](CCCN)CC(=O)[C@@H](CC(C)C)NC(=O)[C@H](CC(=O)[C@H](N)Cc1ccccc1)Cc1ccccc1)C(=O)O. The maximum atomic E-state index is 14.3. The zero-order chi connectivity index (χ0) is 65.7. The van der Waals surface area contributed by atoms with E-state index in [2.05, 4.69) is 21.3 Å². The number of ketones is 4. The molecule has 0 fully saturated rings. The molecule has 4 aromatic carbocycles. The molecule has 0 spiro atoms. The molecule has 89 heavy (non-hydrogen) atoms. The van der Waals surface area contributed by atoms with Crippen LogP contribution in [-0.2, 0) is 68.8 Å². The Morgan fingerprint density at radius 2 is 0.719 bits per heavy atom. The van der Waals surface area contributed by atoms with Gasteiger partial charge in [-0.1, -0.05) is 169 Å². The smallest absolute Gasteiger partial charge is 0.326 e. The highest BCUT2D eigenvalue weighted by molar-refractivity contribution is 5.96. The summed E-state index contributed by atoms with van der Waals surface area (Å²) in [5, 5.41) is 21.8. The molecule has 0 bridgehead atoms. The van der Waals surface area contributed by atoms with Crippen molar-refractivity contribution < 1.29 is 48.3 Å². The Morgan fingerprint density at radius 3 is 1.09 bits per heavy atom. The van der Waals surface area contributed by atoms with Gasteiger partial charge in [-0.25, -0.2) is 4.79 Å². The Morgan fingerprint density at radius 1 is 0.393 bits per heavy atom. The fourth-order valence-corrected chi connectivity index (χ4v) is 10.8. The lowest BCUT2D eigenvalue weighted by molar-refractivity contribution is -0.143. The minimum absolute atomic E-state index is 0.00187. The van der Waals surface area contributed by atoms with Crippen LogP contribution < -0.4 is 44.2 Å². The van der Waals surface area contributed by atoms with E-state index >= 15 is 0 Å². The van der Waals surface area contributed by atoms with E-state index in [0.29, 0.717) is 57.9 Å². The van der Waals surface area contributed by atoms with Crippen molar-refractivity contribution in [2.24, 2.45) is 58.4 Å². The van der Waals surface area contributed by atoms with Gasteiger partial charge < -0.3 is 49.3 Å². The molecule has 9 atom stereocenters. The second-order valence-corrected chi connectivity index (χ2v) is 24.2. The van der Waals surface area contributed by atoms with E-state index in [-0.39, 0.29) is 112 Å². The van der Waals surface area contributed by atoms with Gasteiger partial charge in [0.1, 0.15) is 6.04 Å². The van der Waals surface area contributed by atoms with Gasteiger partial charge in [0.15, 0.2) is 23.1 Å². The van der Waals surface area contributed by atoms with Gasteiger partial charge in [-0.3, -0.25) is 38.4 Å². The molecule has 0 aromatic heterocycles. The fraction of sp³-hybridized carbons (Fsp3) is 0.535. The van der Waals surface area contributed by atoms with Gasteiger partial charge in [0.2, 0.25) is 23.6 Å². The number of hydrogen-bond acceptors (Lipinski definition) is 13. The molecule has 0 radical (unpaired) electrons. The number of nitrogens with one attached hydrogen (secondary N) is 4. The predicted octanol–water partition coefficient (Wildman–Crippen LogP) is 7.73. The Bertz CT molecular complexity index is 2750. The molecular weight excluding hydrogens is 1120 g/mol. The molecule has 18 nitrogen and oxygen atoms in total. The number of carbonyl (C=O) groups is 9. The molecule has 0 aliphatic rings. The lowest BCUT2D eigenvalue weighted by Gasteiger charge is -2.26. The van der Waals surface area contributed by atoms with Crippen LogP contribution in [0.5, 0.6) is 0 Å². The number of aliphatic carboxylic acids is 1. The van der Waals surface area contributed by atoms with Crippen LogP contribution in [0.25, 0.3) is 0 Å². The number of hydrogen-bond donors (Lipinski definition) is 9. The van der Waals surface area contributed by atoms with Gasteiger partial charge in [0, 0.05) is 55.9 Å². The first-order valence-electron chi connectivity index (χ1n) is 32.3. The monoisotopic (exact) mass is 1230 g/mol. The number of rotatable bonds is 44. The van der Waals surface area contributed by atoms with Gasteiger partial charge in [-0.15, -0.1) is 0 Å². The second kappa shape index (κ2) is 42.6. The Kier molecular flexibility index (Phi) is 36.4. The molecule has 18 heteroatoms. The summed E-state index contributed by atoms with van der Waals surface area (Å²) in [5.41, 5.74) is 27.9. The van der Waals surface area contributed by atoms with Crippen LogP contribution in [-0.4, -0.2) is 108 Å². The van der Waals surface area contributed by atoms with Crippen molar-refractivity contribution in [1.82, 2.24) is 21.3 Å². The van der Waals surface area contributed by atoms with Gasteiger partial charge in [-0.05, 0) is 131 Å². The summed E-state index contributed by atoms with van der Waals surface area (Å²) in [7, 11) is 0. The van der Waals surface area contributed by atoms with Crippen LogP contribution in [0.1, 0.15) is 154 Å². The predicted molar refractivity (Wildman–Crippen MR) is 351 cm³/mol. The van der Waals surface area contributed by atoms with E-state index in [1.807, 2.05) is 163 Å². The lowest BCUT2D eigenvalue weighted by Crippen LogP contribution is -2.48. The summed E-state index contributed by atoms with van der Waals surface area (Å²) >= 11 is 0. The minimum Gasteiger partial charge on any atom is -0.480 e. The largest absolute Gasteiger partial charge is 0.480 e. The molecule has 0 heterocycles. The van der Waals surface area contributed by atoms with Gasteiger partial charge in [-0.2, -0.15) is 0 Å². The van der Waals surface area contributed by atoms with Crippen LogP contribution in [0, 0.1) is 35.5 Å². The highest BCUT2D eigenvalue weighted by Crippen LogP contribution is 2.23. The van der Waals surface area contributed by atoms with Gasteiger partial charge in [0.25, 0.3) is 0 Å². The molecule has 488 valence electrons. The number of carbonyl (C=O) groups excluding carboxylic acids is 8. The number of unbranched alkanes of at least 4 members (excludes halogenated alkanes) is 2. The van der Waals surface area contributed by atoms with Crippen molar-refractivity contribution in [2.45, 2.75) is 187 Å². The van der Waals surface area contributed by atoms with Crippen molar-refractivity contribution in [2.75, 3.05) is 19.6 Å². The number of nitrogens with two attached hydrogens (primary N) is 4. The number of Topliss-reactive ketones (excluding diaryl/α,β-unsaturated/α-hetero) is 4. The lowest BCUT2D eigenvalue weighted by atomic mass is 9.87. The van der Waals surface area contributed by atoms with E-state index in [0.717, 1.165) is 22.3 Å². The van der Waals surface area contributed by atoms with Crippen LogP contribution in [0.4, 0.5) is 0 Å². The average molecular weight is 1230 g/mol. The van der Waals surface area contributed by atoms with E-state index in [1.165, 1.54) is 0 Å². The quantitative estimate of drug-likeness (QED) is 0.0192. The van der Waals surface area contributed by atoms with Crippen molar-refractivity contribution in [3.05, 3.63) is 144 Å². The molecule has 13 N–H and O–H groups in total. The number of amides is 4. The first kappa shape index (κ1) is 76.0. The molecule has 4 aromatic rings. The molecule has 0 saturated heterocycles. The van der Waals surface area contributed by atoms with Crippen LogP contribution >= 0.6 is 0 Å². The third kappa shape index (κ3) is 29.7. The highest BCUT2D eigenvalue weighted by atomic mass is 16.4. The Balaban J connectivity index is 0.0000102. The highest BCUT2D eigenvalue weighted by Gasteiger charge is 2.35. The van der Waals surface area contributed by atoms with Crippen LogP contribution in [0.3, 0.4) is 0 Å². The van der Waals surface area contributed by atoms with E-state index in [9.17, 15) is 48.3 Å². The molecular formula is C71H104N8O10. The summed E-state index contributed by atoms with van der Waals surface area (Å²) < 4.78 is 0. The third-order valence-electron chi connectivity index (χ3n) is 15.8. The maximum absolute atomic E-state index is 14.3. The van der Waals surface area contributed by atoms with Gasteiger partial charge >= 0.3 is 5.97 Å². The van der Waals surface area contributed by atoms with Crippen molar-refractivity contribution in [3.63, 3.8) is 0 Å². The topological polar surface area (TPSA) is 326 Å². The van der Waals surface area contributed by atoms with Crippen LogP contribution in [0.2, 0.25) is 0 Å². The summed E-state index contributed by atoms with van der Waals surface area (Å²) in [4.78, 5) is 125. The Labute approximate surface area is 529 Å². The molecule has 4 rings (SSSR count). The van der Waals surface area contributed by atoms with Crippen molar-refractivity contribution in [1.29, 1.82) is 0 Å². The zero-order valence-corrected chi connectivity index (χ0v) is 53.7. The third-order valence-corrected chi connectivity index (χ3v) is 15.8. The molecule has 0 unspecified atom stereocenters. The summed E-state index contributed by atoms with van der Waals surface area (Å²) in [6, 6.07) is 32.4. The molecule has 0 aliphatic heterocycles. The van der Waals surface area contributed by atoms with E-state index in [1.54, 1.807) is 0 Å². The maximum Gasteiger partial charge on any atom is 0.326 e. The van der Waals surface area contributed by atoms with Crippen molar-refractivity contribution >= 4 is 52.7 Å². The molecule has 0 aliphatic carbocycles. The summed E-state index contributed by atoms with van der Waals surface area (Å²) in [6.45, 7) is 12.4. The normalized spacial score (nSPS) is 14.2. The molecule has 4 amide bonds. The first-order valence-corrected chi connectivity index (χ1v) is 32.3. The molecule has 0 saturated carbocycles.